The Hall–Kier alpha value is -1.09. The third kappa shape index (κ3) is 6.58. The minimum absolute atomic E-state index is 0.169. The van der Waals surface area contributed by atoms with Crippen molar-refractivity contribution in [3.05, 3.63) is 30.1 Å². The first-order chi connectivity index (χ1) is 9.13. The molecule has 0 bridgehead atoms. The van der Waals surface area contributed by atoms with Crippen molar-refractivity contribution < 1.29 is 4.39 Å². The van der Waals surface area contributed by atoms with Gasteiger partial charge in [0.25, 0.3) is 0 Å². The van der Waals surface area contributed by atoms with Gasteiger partial charge in [0.2, 0.25) is 0 Å². The number of nitrogens with zero attached hydrogens (tertiary/aromatic N) is 1. The summed E-state index contributed by atoms with van der Waals surface area (Å²) in [6.07, 6.45) is 2.35. The molecule has 3 heteroatoms. The van der Waals surface area contributed by atoms with Crippen molar-refractivity contribution in [3.63, 3.8) is 0 Å². The maximum atomic E-state index is 12.9. The minimum atomic E-state index is -0.169. The molecule has 0 radical (unpaired) electrons. The molecule has 0 fully saturated rings. The quantitative estimate of drug-likeness (QED) is 0.686. The highest BCUT2D eigenvalue weighted by Crippen LogP contribution is 2.15. The van der Waals surface area contributed by atoms with E-state index in [2.05, 4.69) is 31.0 Å². The van der Waals surface area contributed by atoms with Crippen molar-refractivity contribution in [2.24, 2.45) is 5.92 Å². The molecule has 0 unspecified atom stereocenters. The van der Waals surface area contributed by atoms with Gasteiger partial charge in [-0.15, -0.1) is 0 Å². The smallest absolute Gasteiger partial charge is 0.123 e. The Balaban J connectivity index is 2.24. The van der Waals surface area contributed by atoms with Crippen LogP contribution < -0.4 is 10.2 Å². The molecule has 0 aliphatic heterocycles. The molecule has 0 saturated carbocycles. The summed E-state index contributed by atoms with van der Waals surface area (Å²) in [5.74, 6) is 0.545. The van der Waals surface area contributed by atoms with Gasteiger partial charge in [0, 0.05) is 18.8 Å². The molecular weight excluding hydrogens is 239 g/mol. The first-order valence-electron chi connectivity index (χ1n) is 7.34. The second kappa shape index (κ2) is 8.92. The summed E-state index contributed by atoms with van der Waals surface area (Å²) in [4.78, 5) is 2.29. The van der Waals surface area contributed by atoms with E-state index in [0.717, 1.165) is 38.3 Å². The Morgan fingerprint density at radius 3 is 2.42 bits per heavy atom. The Bertz CT molecular complexity index is 335. The lowest BCUT2D eigenvalue weighted by Crippen LogP contribution is -2.25. The summed E-state index contributed by atoms with van der Waals surface area (Å²) in [6.45, 7) is 10.8. The van der Waals surface area contributed by atoms with E-state index in [1.54, 1.807) is 0 Å². The number of nitrogens with one attached hydrogen (secondary N) is 1. The normalized spacial score (nSPS) is 11.0. The summed E-state index contributed by atoms with van der Waals surface area (Å²) in [5, 5.41) is 3.46. The summed E-state index contributed by atoms with van der Waals surface area (Å²) >= 11 is 0. The van der Waals surface area contributed by atoms with Crippen LogP contribution in [0.25, 0.3) is 0 Å². The van der Waals surface area contributed by atoms with Crippen molar-refractivity contribution in [1.82, 2.24) is 5.32 Å². The van der Waals surface area contributed by atoms with Crippen LogP contribution >= 0.6 is 0 Å². The Morgan fingerprint density at radius 1 is 1.16 bits per heavy atom. The molecule has 1 aromatic carbocycles. The van der Waals surface area contributed by atoms with Gasteiger partial charge in [-0.25, -0.2) is 4.39 Å². The number of benzene rings is 1. The van der Waals surface area contributed by atoms with Crippen LogP contribution in [0.15, 0.2) is 24.3 Å². The fourth-order valence-electron chi connectivity index (χ4n) is 2.07. The molecule has 0 heterocycles. The lowest BCUT2D eigenvalue weighted by Gasteiger charge is -2.23. The molecule has 0 aliphatic carbocycles. The summed E-state index contributed by atoms with van der Waals surface area (Å²) < 4.78 is 12.9. The Labute approximate surface area is 117 Å². The van der Waals surface area contributed by atoms with Gasteiger partial charge in [0.15, 0.2) is 0 Å². The van der Waals surface area contributed by atoms with Gasteiger partial charge in [-0.3, -0.25) is 0 Å². The van der Waals surface area contributed by atoms with Gasteiger partial charge in [0.1, 0.15) is 5.82 Å². The summed E-state index contributed by atoms with van der Waals surface area (Å²) in [6, 6.07) is 6.77. The average molecular weight is 266 g/mol. The topological polar surface area (TPSA) is 15.3 Å². The average Bonchev–Trinajstić information content (AvgIpc) is 2.39. The third-order valence-corrected chi connectivity index (χ3v) is 3.16. The SMILES string of the molecule is CCN(CCCCNCC(C)C)c1ccc(F)cc1. The molecule has 0 saturated heterocycles. The third-order valence-electron chi connectivity index (χ3n) is 3.16. The van der Waals surface area contributed by atoms with Gasteiger partial charge in [-0.1, -0.05) is 13.8 Å². The molecule has 19 heavy (non-hydrogen) atoms. The van der Waals surface area contributed by atoms with Crippen molar-refractivity contribution in [2.75, 3.05) is 31.1 Å². The number of hydrogen-bond acceptors (Lipinski definition) is 2. The first kappa shape index (κ1) is 16.0. The van der Waals surface area contributed by atoms with E-state index in [1.807, 2.05) is 12.1 Å². The molecule has 1 N–H and O–H groups in total. The van der Waals surface area contributed by atoms with E-state index < -0.39 is 0 Å². The molecule has 0 aliphatic rings. The van der Waals surface area contributed by atoms with Crippen LogP contribution in [0.3, 0.4) is 0 Å². The maximum Gasteiger partial charge on any atom is 0.123 e. The molecule has 108 valence electrons. The fraction of sp³-hybridized carbons (Fsp3) is 0.625. The van der Waals surface area contributed by atoms with Crippen LogP contribution in [-0.4, -0.2) is 26.2 Å². The van der Waals surface area contributed by atoms with Gasteiger partial charge in [-0.2, -0.15) is 0 Å². The van der Waals surface area contributed by atoms with E-state index in [9.17, 15) is 4.39 Å². The Kier molecular flexibility index (Phi) is 7.49. The Morgan fingerprint density at radius 2 is 1.84 bits per heavy atom. The van der Waals surface area contributed by atoms with Gasteiger partial charge < -0.3 is 10.2 Å². The van der Waals surface area contributed by atoms with E-state index in [-0.39, 0.29) is 5.82 Å². The van der Waals surface area contributed by atoms with Crippen molar-refractivity contribution >= 4 is 5.69 Å². The lowest BCUT2D eigenvalue weighted by molar-refractivity contribution is 0.534. The standard InChI is InChI=1S/C16H27FN2/c1-4-19(16-9-7-15(17)8-10-16)12-6-5-11-18-13-14(2)3/h7-10,14,18H,4-6,11-13H2,1-3H3. The molecule has 0 atom stereocenters. The molecule has 0 spiro atoms. The van der Waals surface area contributed by atoms with Crippen molar-refractivity contribution in [1.29, 1.82) is 0 Å². The van der Waals surface area contributed by atoms with Gasteiger partial charge in [0.05, 0.1) is 0 Å². The predicted octanol–water partition coefficient (Wildman–Crippen LogP) is 3.68. The largest absolute Gasteiger partial charge is 0.372 e. The molecule has 1 aromatic rings. The number of unbranched alkanes of at least 4 members (excludes halogenated alkanes) is 1. The van der Waals surface area contributed by atoms with Crippen molar-refractivity contribution in [2.45, 2.75) is 33.6 Å². The van der Waals surface area contributed by atoms with Crippen LogP contribution in [0.4, 0.5) is 10.1 Å². The van der Waals surface area contributed by atoms with E-state index in [4.69, 9.17) is 0 Å². The molecule has 2 nitrogen and oxygen atoms in total. The number of hydrogen-bond donors (Lipinski definition) is 1. The molecule has 1 rings (SSSR count). The summed E-state index contributed by atoms with van der Waals surface area (Å²) in [7, 11) is 0. The highest BCUT2D eigenvalue weighted by atomic mass is 19.1. The first-order valence-corrected chi connectivity index (χ1v) is 7.34. The lowest BCUT2D eigenvalue weighted by atomic mass is 10.2. The van der Waals surface area contributed by atoms with E-state index in [0.29, 0.717) is 5.92 Å². The zero-order valence-electron chi connectivity index (χ0n) is 12.5. The molecule has 0 aromatic heterocycles. The second-order valence-electron chi connectivity index (χ2n) is 5.36. The number of rotatable bonds is 9. The van der Waals surface area contributed by atoms with Crippen LogP contribution in [-0.2, 0) is 0 Å². The maximum absolute atomic E-state index is 12.9. The zero-order valence-corrected chi connectivity index (χ0v) is 12.5. The van der Waals surface area contributed by atoms with Crippen LogP contribution in [0.5, 0.6) is 0 Å². The van der Waals surface area contributed by atoms with Crippen LogP contribution in [0.1, 0.15) is 33.6 Å². The molecule has 0 amide bonds. The highest BCUT2D eigenvalue weighted by Gasteiger charge is 2.03. The summed E-state index contributed by atoms with van der Waals surface area (Å²) in [5.41, 5.74) is 1.11. The predicted molar refractivity (Wildman–Crippen MR) is 81.2 cm³/mol. The number of halogens is 1. The van der Waals surface area contributed by atoms with Crippen LogP contribution in [0.2, 0.25) is 0 Å². The fourth-order valence-corrected chi connectivity index (χ4v) is 2.07. The zero-order chi connectivity index (χ0) is 14.1. The van der Waals surface area contributed by atoms with E-state index >= 15 is 0 Å². The van der Waals surface area contributed by atoms with E-state index in [1.165, 1.54) is 18.6 Å². The minimum Gasteiger partial charge on any atom is -0.372 e. The monoisotopic (exact) mass is 266 g/mol. The second-order valence-corrected chi connectivity index (χ2v) is 5.36. The van der Waals surface area contributed by atoms with Gasteiger partial charge in [-0.05, 0) is 63.0 Å². The van der Waals surface area contributed by atoms with Crippen LogP contribution in [0, 0.1) is 11.7 Å². The van der Waals surface area contributed by atoms with Crippen molar-refractivity contribution in [3.8, 4) is 0 Å². The highest BCUT2D eigenvalue weighted by molar-refractivity contribution is 5.45. The number of anilines is 1. The molecular formula is C16H27FN2. The van der Waals surface area contributed by atoms with Gasteiger partial charge >= 0.3 is 0 Å².